The van der Waals surface area contributed by atoms with E-state index in [9.17, 15) is 4.79 Å². The number of nitrogens with zero attached hydrogens (tertiary/aromatic N) is 3. The average Bonchev–Trinajstić information content (AvgIpc) is 2.37. The van der Waals surface area contributed by atoms with Gasteiger partial charge in [0.1, 0.15) is 0 Å². The first-order valence-corrected chi connectivity index (χ1v) is 6.25. The normalized spacial score (nSPS) is 10.6. The zero-order valence-electron chi connectivity index (χ0n) is 10.1. The van der Waals surface area contributed by atoms with Gasteiger partial charge < -0.3 is 0 Å². The molecule has 94 valence electrons. The Morgan fingerprint density at radius 3 is 2.89 bits per heavy atom. The lowest BCUT2D eigenvalue weighted by Gasteiger charge is -2.14. The van der Waals surface area contributed by atoms with E-state index in [0.717, 1.165) is 20.4 Å². The van der Waals surface area contributed by atoms with Crippen LogP contribution in [0.5, 0.6) is 0 Å². The molecule has 0 aliphatic heterocycles. The molecule has 0 atom stereocenters. The molecule has 5 nitrogen and oxygen atoms in total. The van der Waals surface area contributed by atoms with Crippen LogP contribution in [0, 0.1) is 0 Å². The second-order valence-electron chi connectivity index (χ2n) is 3.65. The van der Waals surface area contributed by atoms with Crippen molar-refractivity contribution in [3.05, 3.63) is 34.4 Å². The molecule has 0 unspecified atom stereocenters. The summed E-state index contributed by atoms with van der Waals surface area (Å²) in [5, 5.41) is 9.93. The highest BCUT2D eigenvalue weighted by atomic mass is 79.9. The van der Waals surface area contributed by atoms with Crippen molar-refractivity contribution in [2.45, 2.75) is 6.92 Å². The van der Waals surface area contributed by atoms with Crippen LogP contribution in [0.25, 0.3) is 10.9 Å². The van der Waals surface area contributed by atoms with Crippen molar-refractivity contribution in [3.63, 3.8) is 0 Å². The third kappa shape index (κ3) is 2.65. The highest BCUT2D eigenvalue weighted by molar-refractivity contribution is 9.10. The van der Waals surface area contributed by atoms with Crippen molar-refractivity contribution in [1.29, 1.82) is 0 Å². The molecule has 0 aliphatic rings. The Bertz CT molecular complexity index is 589. The van der Waals surface area contributed by atoms with Gasteiger partial charge in [0.15, 0.2) is 5.69 Å². The molecule has 0 bridgehead atoms. The number of hydroxylamine groups is 2. The van der Waals surface area contributed by atoms with Crippen LogP contribution in [-0.2, 0) is 4.84 Å². The number of amides is 1. The molecule has 1 aromatic heterocycles. The number of aromatic nitrogens is 2. The zero-order valence-corrected chi connectivity index (χ0v) is 11.6. The summed E-state index contributed by atoms with van der Waals surface area (Å²) in [6.45, 7) is 2.24. The lowest BCUT2D eigenvalue weighted by Crippen LogP contribution is -2.27. The van der Waals surface area contributed by atoms with Crippen LogP contribution in [0.4, 0.5) is 0 Å². The van der Waals surface area contributed by atoms with Gasteiger partial charge in [-0.05, 0) is 31.2 Å². The summed E-state index contributed by atoms with van der Waals surface area (Å²) < 4.78 is 0.930. The van der Waals surface area contributed by atoms with Crippen LogP contribution in [0.2, 0.25) is 0 Å². The van der Waals surface area contributed by atoms with Gasteiger partial charge in [0.05, 0.1) is 12.1 Å². The third-order valence-corrected chi connectivity index (χ3v) is 2.87. The maximum absolute atomic E-state index is 11.9. The predicted molar refractivity (Wildman–Crippen MR) is 71.0 cm³/mol. The Kier molecular flexibility index (Phi) is 3.88. The highest BCUT2D eigenvalue weighted by Gasteiger charge is 2.14. The van der Waals surface area contributed by atoms with Crippen molar-refractivity contribution in [2.24, 2.45) is 0 Å². The molecule has 0 spiro atoms. The van der Waals surface area contributed by atoms with Gasteiger partial charge in [-0.2, -0.15) is 0 Å². The van der Waals surface area contributed by atoms with Crippen molar-refractivity contribution < 1.29 is 9.63 Å². The Balaban J connectivity index is 2.37. The summed E-state index contributed by atoms with van der Waals surface area (Å²) >= 11 is 3.38. The molecule has 1 heterocycles. The van der Waals surface area contributed by atoms with E-state index in [-0.39, 0.29) is 11.6 Å². The fourth-order valence-corrected chi connectivity index (χ4v) is 1.91. The number of rotatable bonds is 3. The number of hydrogen-bond acceptors (Lipinski definition) is 4. The number of fused-ring (bicyclic) bond motifs is 1. The van der Waals surface area contributed by atoms with E-state index < -0.39 is 0 Å². The summed E-state index contributed by atoms with van der Waals surface area (Å²) in [6.07, 6.45) is 0. The monoisotopic (exact) mass is 309 g/mol. The van der Waals surface area contributed by atoms with Crippen LogP contribution in [0.15, 0.2) is 28.7 Å². The van der Waals surface area contributed by atoms with Crippen LogP contribution in [0.1, 0.15) is 17.4 Å². The minimum atomic E-state index is -0.314. The van der Waals surface area contributed by atoms with Gasteiger partial charge in [-0.25, -0.2) is 5.06 Å². The molecule has 18 heavy (non-hydrogen) atoms. The zero-order chi connectivity index (χ0) is 13.1. The van der Waals surface area contributed by atoms with Gasteiger partial charge in [-0.1, -0.05) is 15.9 Å². The molecule has 1 aromatic carbocycles. The number of hydrogen-bond donors (Lipinski definition) is 0. The minimum Gasteiger partial charge on any atom is -0.271 e. The molecular weight excluding hydrogens is 298 g/mol. The topological polar surface area (TPSA) is 55.3 Å². The number of carbonyl (C=O) groups excluding carboxylic acids is 1. The van der Waals surface area contributed by atoms with E-state index in [0.29, 0.717) is 6.61 Å². The van der Waals surface area contributed by atoms with E-state index in [1.54, 1.807) is 13.1 Å². The largest absolute Gasteiger partial charge is 0.297 e. The second-order valence-corrected chi connectivity index (χ2v) is 4.57. The highest BCUT2D eigenvalue weighted by Crippen LogP contribution is 2.18. The smallest absolute Gasteiger partial charge is 0.271 e. The Hall–Kier alpha value is -1.53. The molecule has 2 aromatic rings. The SMILES string of the molecule is CCON(C)C(=O)c1cc2cc(Br)ccc2nn1. The maximum Gasteiger partial charge on any atom is 0.297 e. The molecule has 2 rings (SSSR count). The predicted octanol–water partition coefficient (Wildman–Crippen LogP) is 2.42. The second kappa shape index (κ2) is 5.41. The van der Waals surface area contributed by atoms with Gasteiger partial charge in [0, 0.05) is 16.9 Å². The first-order valence-electron chi connectivity index (χ1n) is 5.45. The van der Waals surface area contributed by atoms with Crippen molar-refractivity contribution in [3.8, 4) is 0 Å². The number of carbonyl (C=O) groups is 1. The van der Waals surface area contributed by atoms with Crippen molar-refractivity contribution in [1.82, 2.24) is 15.3 Å². The molecule has 0 saturated heterocycles. The van der Waals surface area contributed by atoms with Crippen molar-refractivity contribution in [2.75, 3.05) is 13.7 Å². The first-order chi connectivity index (χ1) is 8.61. The molecule has 0 fully saturated rings. The van der Waals surface area contributed by atoms with Crippen LogP contribution >= 0.6 is 15.9 Å². The fraction of sp³-hybridized carbons (Fsp3) is 0.250. The van der Waals surface area contributed by atoms with Crippen LogP contribution in [-0.4, -0.2) is 34.8 Å². The number of halogens is 1. The summed E-state index contributed by atoms with van der Waals surface area (Å²) in [6, 6.07) is 7.31. The van der Waals surface area contributed by atoms with Gasteiger partial charge >= 0.3 is 0 Å². The van der Waals surface area contributed by atoms with E-state index in [1.165, 1.54) is 0 Å². The lowest BCUT2D eigenvalue weighted by atomic mass is 10.2. The van der Waals surface area contributed by atoms with E-state index in [1.807, 2.05) is 25.1 Å². The molecule has 1 amide bonds. The van der Waals surface area contributed by atoms with Gasteiger partial charge in [-0.15, -0.1) is 10.2 Å². The average molecular weight is 310 g/mol. The molecule has 0 N–H and O–H groups in total. The van der Waals surface area contributed by atoms with E-state index in [2.05, 4.69) is 26.1 Å². The third-order valence-electron chi connectivity index (χ3n) is 2.38. The summed E-state index contributed by atoms with van der Waals surface area (Å²) in [4.78, 5) is 17.1. The van der Waals surface area contributed by atoms with Gasteiger partial charge in [-0.3, -0.25) is 9.63 Å². The molecular formula is C12H12BrN3O2. The maximum atomic E-state index is 11.9. The Morgan fingerprint density at radius 2 is 2.17 bits per heavy atom. The first kappa shape index (κ1) is 12.9. The van der Waals surface area contributed by atoms with Crippen molar-refractivity contribution >= 4 is 32.7 Å². The molecule has 6 heteroatoms. The molecule has 0 radical (unpaired) electrons. The lowest BCUT2D eigenvalue weighted by molar-refractivity contribution is -0.100. The van der Waals surface area contributed by atoms with E-state index >= 15 is 0 Å². The Labute approximate surface area is 113 Å². The number of benzene rings is 1. The van der Waals surface area contributed by atoms with Gasteiger partial charge in [0.25, 0.3) is 5.91 Å². The summed E-state index contributed by atoms with van der Waals surface area (Å²) in [5.74, 6) is -0.314. The summed E-state index contributed by atoms with van der Waals surface area (Å²) in [7, 11) is 1.55. The quantitative estimate of drug-likeness (QED) is 0.817. The van der Waals surface area contributed by atoms with E-state index in [4.69, 9.17) is 4.84 Å². The minimum absolute atomic E-state index is 0.261. The fourth-order valence-electron chi connectivity index (χ4n) is 1.53. The van der Waals surface area contributed by atoms with Crippen LogP contribution < -0.4 is 0 Å². The van der Waals surface area contributed by atoms with Crippen LogP contribution in [0.3, 0.4) is 0 Å². The van der Waals surface area contributed by atoms with Gasteiger partial charge in [0.2, 0.25) is 0 Å². The molecule has 0 saturated carbocycles. The standard InChI is InChI=1S/C12H12BrN3O2/c1-3-18-16(2)12(17)11-7-8-6-9(13)4-5-10(8)14-15-11/h4-7H,3H2,1-2H3. The molecule has 0 aliphatic carbocycles. The summed E-state index contributed by atoms with van der Waals surface area (Å²) in [5.41, 5.74) is 1.00. The Morgan fingerprint density at radius 1 is 1.39 bits per heavy atom.